The van der Waals surface area contributed by atoms with E-state index in [1.165, 1.54) is 42.5 Å². The van der Waals surface area contributed by atoms with Gasteiger partial charge in [-0.05, 0) is 30.3 Å². The largest absolute Gasteiger partial charge is 0.354 e. The number of amides is 1. The number of hydrogen-bond acceptors (Lipinski definition) is 4. The lowest BCUT2D eigenvalue weighted by molar-refractivity contribution is -0.384. The summed E-state index contributed by atoms with van der Waals surface area (Å²) < 4.78 is 12.9. The third-order valence-corrected chi connectivity index (χ3v) is 2.98. The number of rotatable bonds is 5. The van der Waals surface area contributed by atoms with Gasteiger partial charge in [0.25, 0.3) is 5.69 Å². The van der Waals surface area contributed by atoms with Gasteiger partial charge >= 0.3 is 0 Å². The van der Waals surface area contributed by atoms with Crippen LogP contribution in [0.1, 0.15) is 0 Å². The van der Waals surface area contributed by atoms with E-state index in [1.807, 2.05) is 0 Å². The van der Waals surface area contributed by atoms with Crippen molar-refractivity contribution >= 4 is 40.3 Å². The number of nitrogens with one attached hydrogen (secondary N) is 2. The first kappa shape index (κ1) is 15.7. The molecule has 2 aromatic rings. The van der Waals surface area contributed by atoms with Crippen LogP contribution in [-0.2, 0) is 4.79 Å². The van der Waals surface area contributed by atoms with Gasteiger partial charge in [-0.25, -0.2) is 4.39 Å². The van der Waals surface area contributed by atoms with E-state index in [1.54, 1.807) is 0 Å². The Morgan fingerprint density at radius 1 is 1.18 bits per heavy atom. The molecule has 0 spiro atoms. The zero-order chi connectivity index (χ0) is 16.1. The Labute approximate surface area is 130 Å². The van der Waals surface area contributed by atoms with Gasteiger partial charge in [-0.1, -0.05) is 0 Å². The van der Waals surface area contributed by atoms with E-state index in [4.69, 9.17) is 11.6 Å². The van der Waals surface area contributed by atoms with Crippen LogP contribution in [0.5, 0.6) is 0 Å². The fourth-order valence-corrected chi connectivity index (χ4v) is 1.80. The molecule has 0 aliphatic carbocycles. The highest BCUT2D eigenvalue weighted by Crippen LogP contribution is 2.29. The fourth-order valence-electron chi connectivity index (χ4n) is 1.73. The number of nitro groups is 1. The zero-order valence-electron chi connectivity index (χ0n) is 11.2. The molecule has 0 fully saturated rings. The van der Waals surface area contributed by atoms with Gasteiger partial charge in [0.1, 0.15) is 11.7 Å². The molecule has 8 heteroatoms. The normalized spacial score (nSPS) is 10.1. The second-order valence-electron chi connectivity index (χ2n) is 4.30. The van der Waals surface area contributed by atoms with Crippen LogP contribution in [0, 0.1) is 15.9 Å². The molecule has 2 rings (SSSR count). The molecule has 1 amide bonds. The number of alkyl halides is 1. The van der Waals surface area contributed by atoms with E-state index in [0.29, 0.717) is 11.4 Å². The molecular weight excluding hydrogens is 313 g/mol. The van der Waals surface area contributed by atoms with Gasteiger partial charge in [-0.2, -0.15) is 0 Å². The number of carbonyl (C=O) groups is 1. The van der Waals surface area contributed by atoms with Crippen molar-refractivity contribution < 1.29 is 14.1 Å². The van der Waals surface area contributed by atoms with Gasteiger partial charge in [-0.15, -0.1) is 11.6 Å². The lowest BCUT2D eigenvalue weighted by atomic mass is 10.2. The predicted octanol–water partition coefficient (Wildman–Crippen LogP) is 3.65. The first-order chi connectivity index (χ1) is 10.5. The smallest absolute Gasteiger partial charge is 0.271 e. The van der Waals surface area contributed by atoms with Gasteiger partial charge in [0.2, 0.25) is 5.91 Å². The van der Waals surface area contributed by atoms with Crippen molar-refractivity contribution in [1.82, 2.24) is 0 Å². The summed E-state index contributed by atoms with van der Waals surface area (Å²) in [5, 5.41) is 16.2. The average molecular weight is 324 g/mol. The van der Waals surface area contributed by atoms with Crippen LogP contribution in [0.3, 0.4) is 0 Å². The average Bonchev–Trinajstić information content (AvgIpc) is 2.50. The second-order valence-corrected chi connectivity index (χ2v) is 4.57. The lowest BCUT2D eigenvalue weighted by Crippen LogP contribution is -2.14. The molecule has 22 heavy (non-hydrogen) atoms. The van der Waals surface area contributed by atoms with Crippen molar-refractivity contribution in [3.05, 3.63) is 58.4 Å². The van der Waals surface area contributed by atoms with Crippen molar-refractivity contribution in [1.29, 1.82) is 0 Å². The summed E-state index contributed by atoms with van der Waals surface area (Å²) in [4.78, 5) is 21.7. The number of non-ortho nitro benzene ring substituents is 1. The highest BCUT2D eigenvalue weighted by molar-refractivity contribution is 6.29. The first-order valence-corrected chi connectivity index (χ1v) is 6.70. The van der Waals surface area contributed by atoms with Gasteiger partial charge in [-0.3, -0.25) is 14.9 Å². The molecule has 0 aliphatic rings. The molecule has 0 saturated heterocycles. The molecule has 0 bridgehead atoms. The molecule has 0 radical (unpaired) electrons. The molecule has 0 unspecified atom stereocenters. The zero-order valence-corrected chi connectivity index (χ0v) is 11.9. The molecule has 114 valence electrons. The van der Waals surface area contributed by atoms with Crippen molar-refractivity contribution in [2.45, 2.75) is 0 Å². The molecule has 2 N–H and O–H groups in total. The fraction of sp³-hybridized carbons (Fsp3) is 0.0714. The number of benzene rings is 2. The third kappa shape index (κ3) is 3.92. The Morgan fingerprint density at radius 2 is 1.86 bits per heavy atom. The molecule has 0 aliphatic heterocycles. The summed E-state index contributed by atoms with van der Waals surface area (Å²) in [6.07, 6.45) is 0. The summed E-state index contributed by atoms with van der Waals surface area (Å²) >= 11 is 5.43. The Hall–Kier alpha value is -2.67. The number of hydrogen-bond donors (Lipinski definition) is 2. The number of anilines is 3. The maximum atomic E-state index is 12.9. The summed E-state index contributed by atoms with van der Waals surface area (Å²) in [7, 11) is 0. The Morgan fingerprint density at radius 3 is 2.45 bits per heavy atom. The van der Waals surface area contributed by atoms with Gasteiger partial charge in [0, 0.05) is 17.8 Å². The standard InChI is InChI=1S/C14H11ClFN3O3/c15-8-14(20)18-13-7-11(19(21)22)5-6-12(13)17-10-3-1-9(16)2-4-10/h1-7,17H,8H2,(H,18,20). The summed E-state index contributed by atoms with van der Waals surface area (Å²) in [5.74, 6) is -1.16. The van der Waals surface area contributed by atoms with Crippen LogP contribution in [0.4, 0.5) is 27.1 Å². The van der Waals surface area contributed by atoms with Crippen LogP contribution in [0.2, 0.25) is 0 Å². The summed E-state index contributed by atoms with van der Waals surface area (Å²) in [5.41, 5.74) is 1.03. The highest BCUT2D eigenvalue weighted by Gasteiger charge is 2.13. The molecule has 0 aromatic heterocycles. The van der Waals surface area contributed by atoms with Crippen LogP contribution in [0.15, 0.2) is 42.5 Å². The lowest BCUT2D eigenvalue weighted by Gasteiger charge is -2.12. The van der Waals surface area contributed by atoms with E-state index in [2.05, 4.69) is 10.6 Å². The quantitative estimate of drug-likeness (QED) is 0.499. The molecule has 0 saturated carbocycles. The first-order valence-electron chi connectivity index (χ1n) is 6.16. The molecule has 0 atom stereocenters. The molecule has 6 nitrogen and oxygen atoms in total. The monoisotopic (exact) mass is 323 g/mol. The minimum Gasteiger partial charge on any atom is -0.354 e. The Kier molecular flexibility index (Phi) is 4.90. The van der Waals surface area contributed by atoms with E-state index in [9.17, 15) is 19.3 Å². The third-order valence-electron chi connectivity index (χ3n) is 2.73. The van der Waals surface area contributed by atoms with Crippen molar-refractivity contribution in [2.24, 2.45) is 0 Å². The van der Waals surface area contributed by atoms with Crippen molar-refractivity contribution in [3.8, 4) is 0 Å². The highest BCUT2D eigenvalue weighted by atomic mass is 35.5. The van der Waals surface area contributed by atoms with Gasteiger partial charge in [0.05, 0.1) is 16.3 Å². The van der Waals surface area contributed by atoms with Gasteiger partial charge < -0.3 is 10.6 Å². The van der Waals surface area contributed by atoms with Crippen LogP contribution in [-0.4, -0.2) is 16.7 Å². The van der Waals surface area contributed by atoms with E-state index < -0.39 is 10.8 Å². The number of nitrogens with zero attached hydrogens (tertiary/aromatic N) is 1. The summed E-state index contributed by atoms with van der Waals surface area (Å²) in [6.45, 7) is 0. The molecule has 0 heterocycles. The van der Waals surface area contributed by atoms with Gasteiger partial charge in [0.15, 0.2) is 0 Å². The molecular formula is C14H11ClFN3O3. The number of carbonyl (C=O) groups excluding carboxylic acids is 1. The maximum absolute atomic E-state index is 12.9. The van der Waals surface area contributed by atoms with Crippen molar-refractivity contribution in [3.63, 3.8) is 0 Å². The Bertz CT molecular complexity index is 707. The molecule has 2 aromatic carbocycles. The van der Waals surface area contributed by atoms with E-state index >= 15 is 0 Å². The Balaban J connectivity index is 2.33. The number of halogens is 2. The number of nitro benzene ring substituents is 1. The second kappa shape index (κ2) is 6.86. The van der Waals surface area contributed by atoms with E-state index in [-0.39, 0.29) is 23.1 Å². The van der Waals surface area contributed by atoms with Crippen LogP contribution >= 0.6 is 11.6 Å². The van der Waals surface area contributed by atoms with E-state index in [0.717, 1.165) is 0 Å². The maximum Gasteiger partial charge on any atom is 0.271 e. The van der Waals surface area contributed by atoms with Crippen LogP contribution in [0.25, 0.3) is 0 Å². The summed E-state index contributed by atoms with van der Waals surface area (Å²) in [6, 6.07) is 9.51. The minimum atomic E-state index is -0.571. The predicted molar refractivity (Wildman–Crippen MR) is 82.1 cm³/mol. The topological polar surface area (TPSA) is 84.3 Å². The van der Waals surface area contributed by atoms with Crippen LogP contribution < -0.4 is 10.6 Å². The SMILES string of the molecule is O=C(CCl)Nc1cc([N+](=O)[O-])ccc1Nc1ccc(F)cc1. The minimum absolute atomic E-state index is 0.172. The van der Waals surface area contributed by atoms with Crippen molar-refractivity contribution in [2.75, 3.05) is 16.5 Å².